The second-order valence-corrected chi connectivity index (χ2v) is 6.63. The molecule has 5 heteroatoms. The molecule has 1 fully saturated rings. The van der Waals surface area contributed by atoms with Gasteiger partial charge in [-0.3, -0.25) is 4.79 Å². The van der Waals surface area contributed by atoms with Crippen molar-refractivity contribution >= 4 is 11.7 Å². The lowest BCUT2D eigenvalue weighted by Gasteiger charge is -2.31. The fourth-order valence-electron chi connectivity index (χ4n) is 3.14. The van der Waals surface area contributed by atoms with Crippen molar-refractivity contribution in [3.05, 3.63) is 53.5 Å². The van der Waals surface area contributed by atoms with Crippen LogP contribution in [0.3, 0.4) is 0 Å². The van der Waals surface area contributed by atoms with Crippen molar-refractivity contribution in [3.8, 4) is 0 Å². The van der Waals surface area contributed by atoms with Gasteiger partial charge in [0.2, 0.25) is 0 Å². The number of hydrogen-bond donors (Lipinski definition) is 1. The molecule has 1 amide bonds. The van der Waals surface area contributed by atoms with Crippen molar-refractivity contribution in [2.45, 2.75) is 33.2 Å². The average molecular weight is 324 g/mol. The van der Waals surface area contributed by atoms with Crippen LogP contribution >= 0.6 is 0 Å². The van der Waals surface area contributed by atoms with Gasteiger partial charge in [0.15, 0.2) is 0 Å². The summed E-state index contributed by atoms with van der Waals surface area (Å²) in [4.78, 5) is 23.1. The van der Waals surface area contributed by atoms with E-state index in [0.717, 1.165) is 24.5 Å². The van der Waals surface area contributed by atoms with Crippen molar-refractivity contribution in [3.63, 3.8) is 0 Å². The number of hydrogen-bond acceptors (Lipinski definition) is 4. The number of nitrogens with one attached hydrogen (secondary N) is 1. The van der Waals surface area contributed by atoms with Crippen LogP contribution in [-0.4, -0.2) is 29.0 Å². The summed E-state index contributed by atoms with van der Waals surface area (Å²) in [5.41, 5.74) is 2.69. The molecule has 0 aliphatic carbocycles. The molecule has 1 aromatic carbocycles. The van der Waals surface area contributed by atoms with Crippen LogP contribution in [0.25, 0.3) is 0 Å². The third-order valence-corrected chi connectivity index (χ3v) is 4.40. The van der Waals surface area contributed by atoms with E-state index < -0.39 is 0 Å². The molecule has 1 aromatic heterocycles. The van der Waals surface area contributed by atoms with Crippen LogP contribution in [-0.2, 0) is 6.54 Å². The molecule has 126 valence electrons. The number of aromatic nitrogens is 2. The molecule has 1 aliphatic heterocycles. The maximum absolute atomic E-state index is 12.4. The summed E-state index contributed by atoms with van der Waals surface area (Å²) in [6, 6.07) is 9.91. The number of rotatable bonds is 4. The topological polar surface area (TPSA) is 58.1 Å². The monoisotopic (exact) mass is 324 g/mol. The Hall–Kier alpha value is -2.43. The Labute approximate surface area is 143 Å². The van der Waals surface area contributed by atoms with Gasteiger partial charge in [-0.15, -0.1) is 0 Å². The first-order valence-corrected chi connectivity index (χ1v) is 8.52. The molecule has 3 rings (SSSR count). The molecule has 1 N–H and O–H groups in total. The van der Waals surface area contributed by atoms with Gasteiger partial charge in [-0.2, -0.15) is 0 Å². The first kappa shape index (κ1) is 16.4. The van der Waals surface area contributed by atoms with Gasteiger partial charge in [-0.25, -0.2) is 9.97 Å². The molecule has 1 saturated heterocycles. The minimum absolute atomic E-state index is 0.162. The summed E-state index contributed by atoms with van der Waals surface area (Å²) in [6.45, 7) is 6.78. The first-order valence-electron chi connectivity index (χ1n) is 8.52. The lowest BCUT2D eigenvalue weighted by Crippen LogP contribution is -2.35. The number of benzene rings is 1. The van der Waals surface area contributed by atoms with Gasteiger partial charge >= 0.3 is 0 Å². The van der Waals surface area contributed by atoms with E-state index >= 15 is 0 Å². The van der Waals surface area contributed by atoms with Crippen LogP contribution in [0.5, 0.6) is 0 Å². The Kier molecular flexibility index (Phi) is 5.08. The summed E-state index contributed by atoms with van der Waals surface area (Å²) in [5, 5.41) is 2.93. The van der Waals surface area contributed by atoms with Gasteiger partial charge in [-0.05, 0) is 31.2 Å². The molecule has 1 unspecified atom stereocenters. The first-order chi connectivity index (χ1) is 11.6. The highest BCUT2D eigenvalue weighted by molar-refractivity contribution is 5.92. The third-order valence-electron chi connectivity index (χ3n) is 4.40. The fraction of sp³-hybridized carbons (Fsp3) is 0.421. The zero-order valence-corrected chi connectivity index (χ0v) is 14.3. The highest BCUT2D eigenvalue weighted by atomic mass is 16.1. The Morgan fingerprint density at radius 1 is 1.33 bits per heavy atom. The van der Waals surface area contributed by atoms with E-state index in [0.29, 0.717) is 18.2 Å². The molecular weight excluding hydrogens is 300 g/mol. The summed E-state index contributed by atoms with van der Waals surface area (Å²) in [5.74, 6) is 1.34. The SMILES string of the molecule is Cc1cccc(CNC(=O)c2cc(N3CCCC(C)C3)ncn2)c1. The number of carbonyl (C=O) groups is 1. The van der Waals surface area contributed by atoms with Gasteiger partial charge in [0.1, 0.15) is 17.8 Å². The van der Waals surface area contributed by atoms with Gasteiger partial charge in [0.05, 0.1) is 0 Å². The number of carbonyl (C=O) groups excluding carboxylic acids is 1. The van der Waals surface area contributed by atoms with Crippen LogP contribution in [0.15, 0.2) is 36.7 Å². The largest absolute Gasteiger partial charge is 0.356 e. The quantitative estimate of drug-likeness (QED) is 0.939. The van der Waals surface area contributed by atoms with Gasteiger partial charge < -0.3 is 10.2 Å². The van der Waals surface area contributed by atoms with E-state index in [-0.39, 0.29) is 5.91 Å². The second-order valence-electron chi connectivity index (χ2n) is 6.63. The molecule has 2 heterocycles. The lowest BCUT2D eigenvalue weighted by molar-refractivity contribution is 0.0945. The molecule has 24 heavy (non-hydrogen) atoms. The summed E-state index contributed by atoms with van der Waals surface area (Å²) < 4.78 is 0. The lowest BCUT2D eigenvalue weighted by atomic mass is 10.0. The predicted octanol–water partition coefficient (Wildman–Crippen LogP) is 2.95. The molecule has 5 nitrogen and oxygen atoms in total. The normalized spacial score (nSPS) is 17.6. The number of nitrogens with zero attached hydrogens (tertiary/aromatic N) is 3. The van der Waals surface area contributed by atoms with E-state index in [2.05, 4.69) is 33.2 Å². The maximum atomic E-state index is 12.4. The average Bonchev–Trinajstić information content (AvgIpc) is 2.60. The Morgan fingerprint density at radius 2 is 2.21 bits per heavy atom. The molecule has 2 aromatic rings. The van der Waals surface area contributed by atoms with Crippen LogP contribution in [0.4, 0.5) is 5.82 Å². The van der Waals surface area contributed by atoms with Crippen molar-refractivity contribution in [2.75, 3.05) is 18.0 Å². The maximum Gasteiger partial charge on any atom is 0.270 e. The summed E-state index contributed by atoms with van der Waals surface area (Å²) >= 11 is 0. The van der Waals surface area contributed by atoms with E-state index in [4.69, 9.17) is 0 Å². The zero-order chi connectivity index (χ0) is 16.9. The molecule has 0 bridgehead atoms. The zero-order valence-electron chi connectivity index (χ0n) is 14.3. The van der Waals surface area contributed by atoms with Gasteiger partial charge in [0.25, 0.3) is 5.91 Å². The van der Waals surface area contributed by atoms with Crippen molar-refractivity contribution < 1.29 is 4.79 Å². The van der Waals surface area contributed by atoms with Crippen LogP contribution in [0.2, 0.25) is 0 Å². The number of anilines is 1. The molecule has 0 radical (unpaired) electrons. The Balaban J connectivity index is 1.65. The molecular formula is C19H24N4O. The minimum atomic E-state index is -0.162. The molecule has 1 atom stereocenters. The van der Waals surface area contributed by atoms with E-state index in [1.165, 1.54) is 24.7 Å². The van der Waals surface area contributed by atoms with Crippen molar-refractivity contribution in [1.82, 2.24) is 15.3 Å². The minimum Gasteiger partial charge on any atom is -0.356 e. The molecule has 1 aliphatic rings. The van der Waals surface area contributed by atoms with E-state index in [1.807, 2.05) is 25.1 Å². The number of aryl methyl sites for hydroxylation is 1. The summed E-state index contributed by atoms with van der Waals surface area (Å²) in [6.07, 6.45) is 3.90. The van der Waals surface area contributed by atoms with E-state index in [1.54, 1.807) is 6.07 Å². The van der Waals surface area contributed by atoms with Crippen LogP contribution in [0.1, 0.15) is 41.4 Å². The fourth-order valence-corrected chi connectivity index (χ4v) is 3.14. The highest BCUT2D eigenvalue weighted by Gasteiger charge is 2.19. The standard InChI is InChI=1S/C19H24N4O/c1-14-5-3-7-16(9-14)11-20-19(24)17-10-18(22-13-21-17)23-8-4-6-15(2)12-23/h3,5,7,9-10,13,15H,4,6,8,11-12H2,1-2H3,(H,20,24). The smallest absolute Gasteiger partial charge is 0.270 e. The predicted molar refractivity (Wildman–Crippen MR) is 95.0 cm³/mol. The van der Waals surface area contributed by atoms with Gasteiger partial charge in [0, 0.05) is 25.7 Å². The van der Waals surface area contributed by atoms with Crippen LogP contribution < -0.4 is 10.2 Å². The number of piperidine rings is 1. The van der Waals surface area contributed by atoms with Gasteiger partial charge in [-0.1, -0.05) is 36.8 Å². The Morgan fingerprint density at radius 3 is 3.00 bits per heavy atom. The summed E-state index contributed by atoms with van der Waals surface area (Å²) in [7, 11) is 0. The Bertz CT molecular complexity index is 716. The van der Waals surface area contributed by atoms with Crippen molar-refractivity contribution in [1.29, 1.82) is 0 Å². The molecule has 0 spiro atoms. The van der Waals surface area contributed by atoms with E-state index in [9.17, 15) is 4.79 Å². The third kappa shape index (κ3) is 4.10. The number of amides is 1. The van der Waals surface area contributed by atoms with Crippen LogP contribution in [0, 0.1) is 12.8 Å². The highest BCUT2D eigenvalue weighted by Crippen LogP contribution is 2.21. The second kappa shape index (κ2) is 7.43. The van der Waals surface area contributed by atoms with Crippen molar-refractivity contribution in [2.24, 2.45) is 5.92 Å². The molecule has 0 saturated carbocycles.